The first-order valence-corrected chi connectivity index (χ1v) is 10.2. The van der Waals surface area contributed by atoms with Crippen LogP contribution in [0.15, 0.2) is 36.4 Å². The zero-order valence-electron chi connectivity index (χ0n) is 12.0. The van der Waals surface area contributed by atoms with E-state index < -0.39 is 14.4 Å². The van der Waals surface area contributed by atoms with Gasteiger partial charge in [0.2, 0.25) is 8.32 Å². The zero-order chi connectivity index (χ0) is 14.8. The second-order valence-electron chi connectivity index (χ2n) is 5.58. The van der Waals surface area contributed by atoms with Crippen LogP contribution >= 0.6 is 11.6 Å². The lowest BCUT2D eigenvalue weighted by molar-refractivity contribution is 0.253. The van der Waals surface area contributed by atoms with E-state index in [2.05, 4.69) is 30.3 Å². The van der Waals surface area contributed by atoms with Crippen LogP contribution in [-0.2, 0) is 4.43 Å². The average Bonchev–Trinajstić information content (AvgIpc) is 2.44. The number of hydrogen-bond acceptors (Lipinski definition) is 2. The van der Waals surface area contributed by atoms with E-state index in [1.165, 1.54) is 5.39 Å². The van der Waals surface area contributed by atoms with Crippen molar-refractivity contribution in [2.24, 2.45) is 0 Å². The first kappa shape index (κ1) is 15.1. The summed E-state index contributed by atoms with van der Waals surface area (Å²) in [6, 6.07) is 14.6. The maximum atomic E-state index is 9.44. The molecule has 0 bridgehead atoms. The van der Waals surface area contributed by atoms with Crippen molar-refractivity contribution in [1.29, 1.82) is 5.26 Å². The van der Waals surface area contributed by atoms with E-state index in [-0.39, 0.29) is 0 Å². The monoisotopic (exact) mass is 303 g/mol. The fourth-order valence-corrected chi connectivity index (χ4v) is 3.23. The molecule has 1 atom stereocenters. The van der Waals surface area contributed by atoms with Gasteiger partial charge in [0.05, 0.1) is 6.07 Å². The highest BCUT2D eigenvalue weighted by Crippen LogP contribution is 2.28. The SMILES string of the molecule is Cc1cc2ccccc2cc1C(C#N)O[Si](C)(C)CCl. The molecule has 0 heterocycles. The molecule has 1 unspecified atom stereocenters. The maximum absolute atomic E-state index is 9.44. The summed E-state index contributed by atoms with van der Waals surface area (Å²) < 4.78 is 6.00. The predicted molar refractivity (Wildman–Crippen MR) is 86.3 cm³/mol. The first-order valence-electron chi connectivity index (χ1n) is 6.59. The summed E-state index contributed by atoms with van der Waals surface area (Å²) in [5.41, 5.74) is 2.50. The van der Waals surface area contributed by atoms with E-state index in [9.17, 15) is 5.26 Å². The number of rotatable bonds is 4. The van der Waals surface area contributed by atoms with Gasteiger partial charge in [-0.25, -0.2) is 0 Å². The van der Waals surface area contributed by atoms with Crippen molar-refractivity contribution in [3.8, 4) is 6.07 Å². The second kappa shape index (κ2) is 5.97. The third-order valence-electron chi connectivity index (χ3n) is 3.29. The van der Waals surface area contributed by atoms with Gasteiger partial charge in [-0.2, -0.15) is 5.26 Å². The van der Waals surface area contributed by atoms with Crippen LogP contribution in [0.5, 0.6) is 0 Å². The van der Waals surface area contributed by atoms with E-state index in [1.807, 2.05) is 32.2 Å². The molecular weight excluding hydrogens is 286 g/mol. The lowest BCUT2D eigenvalue weighted by Crippen LogP contribution is -2.34. The molecule has 0 aliphatic heterocycles. The van der Waals surface area contributed by atoms with E-state index >= 15 is 0 Å². The summed E-state index contributed by atoms with van der Waals surface area (Å²) in [4.78, 5) is 0. The van der Waals surface area contributed by atoms with Crippen LogP contribution < -0.4 is 0 Å². The summed E-state index contributed by atoms with van der Waals surface area (Å²) in [6.07, 6.45) is -0.542. The maximum Gasteiger partial charge on any atom is 0.203 e. The fraction of sp³-hybridized carbons (Fsp3) is 0.312. The van der Waals surface area contributed by atoms with Gasteiger partial charge in [-0.3, -0.25) is 0 Å². The van der Waals surface area contributed by atoms with Gasteiger partial charge >= 0.3 is 0 Å². The van der Waals surface area contributed by atoms with Gasteiger partial charge in [-0.1, -0.05) is 30.3 Å². The predicted octanol–water partition coefficient (Wildman–Crippen LogP) is 4.71. The van der Waals surface area contributed by atoms with Gasteiger partial charge in [0, 0.05) is 5.50 Å². The van der Waals surface area contributed by atoms with Crippen molar-refractivity contribution in [3.63, 3.8) is 0 Å². The zero-order valence-corrected chi connectivity index (χ0v) is 13.7. The Morgan fingerprint density at radius 3 is 2.40 bits per heavy atom. The molecule has 0 aliphatic carbocycles. The number of nitriles is 1. The normalized spacial score (nSPS) is 13.2. The van der Waals surface area contributed by atoms with E-state index in [4.69, 9.17) is 16.0 Å². The molecule has 0 saturated carbocycles. The molecule has 2 rings (SSSR count). The molecule has 0 N–H and O–H groups in total. The summed E-state index contributed by atoms with van der Waals surface area (Å²) in [5, 5.41) is 11.7. The molecule has 20 heavy (non-hydrogen) atoms. The average molecular weight is 304 g/mol. The topological polar surface area (TPSA) is 33.0 Å². The van der Waals surface area contributed by atoms with Gasteiger partial charge in [0.15, 0.2) is 6.10 Å². The Labute approximate surface area is 126 Å². The third-order valence-corrected chi connectivity index (χ3v) is 6.74. The van der Waals surface area contributed by atoms with Crippen LogP contribution in [-0.4, -0.2) is 13.8 Å². The Kier molecular flexibility index (Phi) is 4.49. The Bertz CT molecular complexity index is 663. The number of nitrogens with zero attached hydrogens (tertiary/aromatic N) is 1. The van der Waals surface area contributed by atoms with E-state index in [0.717, 1.165) is 16.5 Å². The van der Waals surface area contributed by atoms with Crippen molar-refractivity contribution < 1.29 is 4.43 Å². The summed E-state index contributed by atoms with van der Waals surface area (Å²) in [7, 11) is -1.99. The number of benzene rings is 2. The summed E-state index contributed by atoms with van der Waals surface area (Å²) in [5.74, 6) is 0. The van der Waals surface area contributed by atoms with Crippen LogP contribution in [0.2, 0.25) is 13.1 Å². The minimum atomic E-state index is -1.99. The number of hydrogen-bond donors (Lipinski definition) is 0. The quantitative estimate of drug-likeness (QED) is 0.605. The van der Waals surface area contributed by atoms with Crippen molar-refractivity contribution in [2.45, 2.75) is 26.1 Å². The van der Waals surface area contributed by atoms with Crippen LogP contribution in [0.25, 0.3) is 10.8 Å². The Morgan fingerprint density at radius 1 is 1.25 bits per heavy atom. The van der Waals surface area contributed by atoms with Gasteiger partial charge < -0.3 is 4.43 Å². The second-order valence-corrected chi connectivity index (χ2v) is 10.4. The molecule has 0 radical (unpaired) electrons. The number of alkyl halides is 1. The van der Waals surface area contributed by atoms with Gasteiger partial charge in [-0.05, 0) is 48.0 Å². The smallest absolute Gasteiger partial charge is 0.203 e. The minimum Gasteiger partial charge on any atom is -0.397 e. The standard InChI is InChI=1S/C16H18ClNOSi/c1-12-8-13-6-4-5-7-14(13)9-15(12)16(10-18)19-20(2,3)11-17/h4-9,16H,11H2,1-3H3. The Balaban J connectivity index is 2.44. The molecule has 2 aromatic carbocycles. The number of halogens is 1. The number of fused-ring (bicyclic) bond motifs is 1. The Hall–Kier alpha value is -1.34. The lowest BCUT2D eigenvalue weighted by atomic mass is 9.99. The summed E-state index contributed by atoms with van der Waals surface area (Å²) >= 11 is 5.94. The molecule has 4 heteroatoms. The highest BCUT2D eigenvalue weighted by Gasteiger charge is 2.27. The highest BCUT2D eigenvalue weighted by atomic mass is 35.5. The molecule has 0 aromatic heterocycles. The van der Waals surface area contributed by atoms with Crippen LogP contribution in [0.1, 0.15) is 17.2 Å². The van der Waals surface area contributed by atoms with Crippen LogP contribution in [0, 0.1) is 18.3 Å². The highest BCUT2D eigenvalue weighted by molar-refractivity contribution is 6.77. The number of aryl methyl sites for hydroxylation is 1. The molecule has 2 aromatic rings. The molecule has 0 saturated heterocycles. The van der Waals surface area contributed by atoms with Crippen molar-refractivity contribution in [3.05, 3.63) is 47.5 Å². The largest absolute Gasteiger partial charge is 0.397 e. The molecule has 0 amide bonds. The molecule has 0 fully saturated rings. The van der Waals surface area contributed by atoms with Crippen molar-refractivity contribution in [1.82, 2.24) is 0 Å². The minimum absolute atomic E-state index is 0.484. The fourth-order valence-electron chi connectivity index (χ4n) is 2.16. The molecule has 104 valence electrons. The van der Waals surface area contributed by atoms with Gasteiger partial charge in [0.25, 0.3) is 0 Å². The van der Waals surface area contributed by atoms with E-state index in [0.29, 0.717) is 5.50 Å². The van der Waals surface area contributed by atoms with Gasteiger partial charge in [0.1, 0.15) is 0 Å². The molecule has 2 nitrogen and oxygen atoms in total. The lowest BCUT2D eigenvalue weighted by Gasteiger charge is -2.25. The Morgan fingerprint density at radius 2 is 1.85 bits per heavy atom. The van der Waals surface area contributed by atoms with Crippen LogP contribution in [0.4, 0.5) is 0 Å². The third kappa shape index (κ3) is 3.21. The molecular formula is C16H18ClNOSi. The van der Waals surface area contributed by atoms with Crippen molar-refractivity contribution in [2.75, 3.05) is 5.50 Å². The van der Waals surface area contributed by atoms with Crippen LogP contribution in [0.3, 0.4) is 0 Å². The molecule has 0 spiro atoms. The molecule has 0 aliphatic rings. The van der Waals surface area contributed by atoms with Crippen molar-refractivity contribution >= 4 is 30.7 Å². The van der Waals surface area contributed by atoms with E-state index in [1.54, 1.807) is 0 Å². The first-order chi connectivity index (χ1) is 9.46. The van der Waals surface area contributed by atoms with Gasteiger partial charge in [-0.15, -0.1) is 11.6 Å². The summed E-state index contributed by atoms with van der Waals surface area (Å²) in [6.45, 7) is 6.08.